The second-order valence-electron chi connectivity index (χ2n) is 9.23. The molecule has 2 aromatic carbocycles. The van der Waals surface area contributed by atoms with E-state index < -0.39 is 24.2 Å². The normalized spacial score (nSPS) is 25.6. The van der Waals surface area contributed by atoms with Crippen LogP contribution in [0, 0.1) is 5.92 Å². The van der Waals surface area contributed by atoms with Gasteiger partial charge in [-0.05, 0) is 42.0 Å². The molecule has 2 aliphatic carbocycles. The third-order valence-electron chi connectivity index (χ3n) is 7.18. The zero-order chi connectivity index (χ0) is 23.8. The number of carbonyl (C=O) groups is 3. The van der Waals surface area contributed by atoms with Crippen molar-refractivity contribution in [3.63, 3.8) is 0 Å². The van der Waals surface area contributed by atoms with Crippen LogP contribution in [0.5, 0.6) is 0 Å². The van der Waals surface area contributed by atoms with E-state index in [1.165, 1.54) is 16.0 Å². The Morgan fingerprint density at radius 1 is 1.06 bits per heavy atom. The molecule has 1 saturated carbocycles. The third kappa shape index (κ3) is 4.03. The van der Waals surface area contributed by atoms with Crippen LogP contribution in [0.25, 0.3) is 11.1 Å². The smallest absolute Gasteiger partial charge is 0.407 e. The van der Waals surface area contributed by atoms with E-state index in [0.717, 1.165) is 11.1 Å². The minimum atomic E-state index is -1.06. The summed E-state index contributed by atoms with van der Waals surface area (Å²) in [6.45, 7) is 2.49. The predicted molar refractivity (Wildman–Crippen MR) is 123 cm³/mol. The number of amides is 2. The van der Waals surface area contributed by atoms with E-state index in [4.69, 9.17) is 9.47 Å². The number of benzene rings is 2. The molecule has 8 nitrogen and oxygen atoms in total. The van der Waals surface area contributed by atoms with Gasteiger partial charge in [-0.1, -0.05) is 48.5 Å². The summed E-state index contributed by atoms with van der Waals surface area (Å²) in [5.41, 5.74) is 4.64. The van der Waals surface area contributed by atoms with Crippen LogP contribution in [-0.4, -0.2) is 65.9 Å². The molecule has 2 unspecified atom stereocenters. The van der Waals surface area contributed by atoms with E-state index >= 15 is 0 Å². The molecule has 0 radical (unpaired) electrons. The van der Waals surface area contributed by atoms with Crippen molar-refractivity contribution in [3.8, 4) is 11.1 Å². The number of ether oxygens (including phenoxy) is 2. The zero-order valence-corrected chi connectivity index (χ0v) is 19.0. The summed E-state index contributed by atoms with van der Waals surface area (Å²) in [5, 5.41) is 12.3. The van der Waals surface area contributed by atoms with Crippen molar-refractivity contribution < 1.29 is 29.0 Å². The number of carboxylic acid groups (broad SMARTS) is 1. The van der Waals surface area contributed by atoms with Gasteiger partial charge in [0.2, 0.25) is 5.91 Å². The lowest BCUT2D eigenvalue weighted by Gasteiger charge is -2.42. The molecule has 0 bridgehead atoms. The summed E-state index contributed by atoms with van der Waals surface area (Å²) in [6.07, 6.45) is -0.103. The topological polar surface area (TPSA) is 105 Å². The predicted octanol–water partition coefficient (Wildman–Crippen LogP) is 3.00. The highest BCUT2D eigenvalue weighted by Crippen LogP contribution is 2.44. The van der Waals surface area contributed by atoms with Crippen LogP contribution in [-0.2, 0) is 19.1 Å². The average Bonchev–Trinajstić information content (AvgIpc) is 3.12. The van der Waals surface area contributed by atoms with Crippen molar-refractivity contribution in [3.05, 3.63) is 59.7 Å². The summed E-state index contributed by atoms with van der Waals surface area (Å²) >= 11 is 0. The molecule has 5 rings (SSSR count). The van der Waals surface area contributed by atoms with Gasteiger partial charge in [-0.25, -0.2) is 9.59 Å². The molecule has 34 heavy (non-hydrogen) atoms. The third-order valence-corrected chi connectivity index (χ3v) is 7.18. The summed E-state index contributed by atoms with van der Waals surface area (Å²) in [5.74, 6) is -1.56. The van der Waals surface area contributed by atoms with Gasteiger partial charge in [-0.3, -0.25) is 4.79 Å². The molecule has 178 valence electrons. The lowest BCUT2D eigenvalue weighted by molar-refractivity contribution is -0.168. The van der Waals surface area contributed by atoms with Gasteiger partial charge >= 0.3 is 12.1 Å². The Morgan fingerprint density at radius 2 is 1.68 bits per heavy atom. The Kier molecular flexibility index (Phi) is 6.00. The second kappa shape index (κ2) is 9.10. The first-order chi connectivity index (χ1) is 16.4. The van der Waals surface area contributed by atoms with Gasteiger partial charge in [0, 0.05) is 24.4 Å². The fraction of sp³-hybridized carbons (Fsp3) is 0.423. The Hall–Kier alpha value is -3.39. The molecular formula is C26H28N2O6. The SMILES string of the molecule is CC1OCCN(C(=O)C2CC(NC(=O)OCC3c4ccccc4-c4ccccc43)C2)C1C(=O)O. The molecule has 0 aromatic heterocycles. The van der Waals surface area contributed by atoms with Gasteiger partial charge in [0.1, 0.15) is 6.61 Å². The number of fused-ring (bicyclic) bond motifs is 3. The Bertz CT molecular complexity index is 1070. The maximum absolute atomic E-state index is 12.9. The second-order valence-corrected chi connectivity index (χ2v) is 9.23. The fourth-order valence-corrected chi connectivity index (χ4v) is 5.38. The summed E-state index contributed by atoms with van der Waals surface area (Å²) in [7, 11) is 0. The van der Waals surface area contributed by atoms with Crippen molar-refractivity contribution >= 4 is 18.0 Å². The van der Waals surface area contributed by atoms with Crippen LogP contribution in [0.2, 0.25) is 0 Å². The van der Waals surface area contributed by atoms with Crippen LogP contribution in [0.15, 0.2) is 48.5 Å². The van der Waals surface area contributed by atoms with Gasteiger partial charge in [0.05, 0.1) is 12.7 Å². The maximum Gasteiger partial charge on any atom is 0.407 e. The minimum absolute atomic E-state index is 0.00914. The average molecular weight is 465 g/mol. The molecule has 1 saturated heterocycles. The Morgan fingerprint density at radius 3 is 2.29 bits per heavy atom. The number of rotatable bonds is 5. The molecule has 0 spiro atoms. The van der Waals surface area contributed by atoms with Gasteiger partial charge in [-0.2, -0.15) is 0 Å². The molecule has 2 aromatic rings. The standard InChI is InChI=1S/C26H28N2O6/c1-15-23(25(30)31)28(10-11-33-15)24(29)16-12-17(13-16)27-26(32)34-14-22-20-8-4-2-6-18(20)19-7-3-5-9-21(19)22/h2-9,15-17,22-23H,10-14H2,1H3,(H,27,32)(H,30,31). The fourth-order valence-electron chi connectivity index (χ4n) is 5.38. The number of hydrogen-bond donors (Lipinski definition) is 2. The number of morpholine rings is 1. The highest BCUT2D eigenvalue weighted by atomic mass is 16.5. The first-order valence-corrected chi connectivity index (χ1v) is 11.7. The van der Waals surface area contributed by atoms with Crippen molar-refractivity contribution in [1.82, 2.24) is 10.2 Å². The molecule has 8 heteroatoms. The Balaban J connectivity index is 1.13. The van der Waals surface area contributed by atoms with E-state index in [-0.39, 0.29) is 36.9 Å². The molecule has 1 aliphatic heterocycles. The molecule has 2 atom stereocenters. The molecule has 3 aliphatic rings. The van der Waals surface area contributed by atoms with E-state index in [0.29, 0.717) is 19.4 Å². The summed E-state index contributed by atoms with van der Waals surface area (Å²) in [4.78, 5) is 38.3. The van der Waals surface area contributed by atoms with Crippen LogP contribution >= 0.6 is 0 Å². The van der Waals surface area contributed by atoms with E-state index in [9.17, 15) is 19.5 Å². The highest BCUT2D eigenvalue weighted by Gasteiger charge is 2.44. The number of carbonyl (C=O) groups excluding carboxylic acids is 2. The first kappa shape index (κ1) is 22.4. The minimum Gasteiger partial charge on any atom is -0.480 e. The van der Waals surface area contributed by atoms with E-state index in [1.807, 2.05) is 24.3 Å². The number of hydrogen-bond acceptors (Lipinski definition) is 5. The van der Waals surface area contributed by atoms with Crippen molar-refractivity contribution in [1.29, 1.82) is 0 Å². The van der Waals surface area contributed by atoms with Gasteiger partial charge in [-0.15, -0.1) is 0 Å². The van der Waals surface area contributed by atoms with Crippen LogP contribution < -0.4 is 5.32 Å². The van der Waals surface area contributed by atoms with Crippen LogP contribution in [0.4, 0.5) is 4.79 Å². The number of aliphatic carboxylic acids is 1. The van der Waals surface area contributed by atoms with Crippen LogP contribution in [0.3, 0.4) is 0 Å². The Labute approximate surface area is 197 Å². The maximum atomic E-state index is 12.9. The number of nitrogens with one attached hydrogen (secondary N) is 1. The lowest BCUT2D eigenvalue weighted by atomic mass is 9.79. The number of nitrogens with zero attached hydrogens (tertiary/aromatic N) is 1. The lowest BCUT2D eigenvalue weighted by Crippen LogP contribution is -2.60. The van der Waals surface area contributed by atoms with Crippen molar-refractivity contribution in [2.24, 2.45) is 5.92 Å². The highest BCUT2D eigenvalue weighted by molar-refractivity contribution is 5.86. The molecule has 2 N–H and O–H groups in total. The van der Waals surface area contributed by atoms with Gasteiger partial charge in [0.15, 0.2) is 6.04 Å². The van der Waals surface area contributed by atoms with Crippen molar-refractivity contribution in [2.45, 2.75) is 43.9 Å². The molecule has 1 heterocycles. The van der Waals surface area contributed by atoms with Crippen molar-refractivity contribution in [2.75, 3.05) is 19.8 Å². The summed E-state index contributed by atoms with van der Waals surface area (Å²) < 4.78 is 11.0. The zero-order valence-electron chi connectivity index (χ0n) is 19.0. The van der Waals surface area contributed by atoms with E-state index in [2.05, 4.69) is 29.6 Å². The van der Waals surface area contributed by atoms with E-state index in [1.54, 1.807) is 6.92 Å². The largest absolute Gasteiger partial charge is 0.480 e. The van der Waals surface area contributed by atoms with Crippen LogP contribution in [0.1, 0.15) is 36.8 Å². The first-order valence-electron chi connectivity index (χ1n) is 11.7. The quantitative estimate of drug-likeness (QED) is 0.705. The molecular weight excluding hydrogens is 436 g/mol. The summed E-state index contributed by atoms with van der Waals surface area (Å²) in [6, 6.07) is 15.2. The molecule has 2 amide bonds. The number of carboxylic acids is 1. The number of alkyl carbamates (subject to hydrolysis) is 1. The monoisotopic (exact) mass is 464 g/mol. The van der Waals surface area contributed by atoms with Gasteiger partial charge < -0.3 is 24.8 Å². The van der Waals surface area contributed by atoms with Gasteiger partial charge in [0.25, 0.3) is 0 Å². The molecule has 2 fully saturated rings.